The van der Waals surface area contributed by atoms with Crippen molar-refractivity contribution in [2.75, 3.05) is 12.8 Å². The highest BCUT2D eigenvalue weighted by Gasteiger charge is 2.29. The van der Waals surface area contributed by atoms with Gasteiger partial charge in [0.15, 0.2) is 9.84 Å². The Morgan fingerprint density at radius 2 is 1.95 bits per heavy atom. The summed E-state index contributed by atoms with van der Waals surface area (Å²) in [6.45, 7) is 3.93. The number of thioether (sulfide) groups is 1. The second-order valence-electron chi connectivity index (χ2n) is 5.08. The van der Waals surface area contributed by atoms with Gasteiger partial charge in [-0.1, -0.05) is 11.8 Å². The predicted molar refractivity (Wildman–Crippen MR) is 76.6 cm³/mol. The number of alkyl halides is 2. The van der Waals surface area contributed by atoms with Crippen LogP contribution in [-0.2, 0) is 22.1 Å². The van der Waals surface area contributed by atoms with E-state index in [1.807, 2.05) is 0 Å². The van der Waals surface area contributed by atoms with Crippen LogP contribution in [-0.4, -0.2) is 31.7 Å². The van der Waals surface area contributed by atoms with Gasteiger partial charge in [0.25, 0.3) is 5.76 Å². The summed E-state index contributed by atoms with van der Waals surface area (Å²) in [6.07, 6.45) is 1.20. The van der Waals surface area contributed by atoms with E-state index >= 15 is 0 Å². The molecule has 0 amide bonds. The van der Waals surface area contributed by atoms with Crippen LogP contribution in [0.2, 0.25) is 0 Å². The molecule has 1 N–H and O–H groups in total. The van der Waals surface area contributed by atoms with Crippen molar-refractivity contribution in [2.24, 2.45) is 0 Å². The van der Waals surface area contributed by atoms with Crippen molar-refractivity contribution in [1.29, 1.82) is 0 Å². The predicted octanol–water partition coefficient (Wildman–Crippen LogP) is 2.65. The summed E-state index contributed by atoms with van der Waals surface area (Å²) >= 11 is 0.502. The Balaban J connectivity index is 2.43. The third kappa shape index (κ3) is 5.41. The third-order valence-corrected chi connectivity index (χ3v) is 5.78. The molecule has 0 unspecified atom stereocenters. The Bertz CT molecular complexity index is 527. The van der Waals surface area contributed by atoms with Crippen LogP contribution >= 0.6 is 11.8 Å². The van der Waals surface area contributed by atoms with Gasteiger partial charge in [0.05, 0.1) is 17.0 Å². The Morgan fingerprint density at radius 1 is 1.35 bits per heavy atom. The quantitative estimate of drug-likeness (QED) is 0.795. The van der Waals surface area contributed by atoms with Gasteiger partial charge in [-0.05, 0) is 26.0 Å². The van der Waals surface area contributed by atoms with E-state index in [0.717, 1.165) is 0 Å². The lowest BCUT2D eigenvalue weighted by Crippen LogP contribution is -2.41. The molecule has 0 spiro atoms. The summed E-state index contributed by atoms with van der Waals surface area (Å²) in [5.74, 6) is -1.22. The maximum absolute atomic E-state index is 12.0. The van der Waals surface area contributed by atoms with Gasteiger partial charge in [-0.2, -0.15) is 8.78 Å². The molecule has 0 atom stereocenters. The maximum atomic E-state index is 12.0. The van der Waals surface area contributed by atoms with E-state index < -0.39 is 20.3 Å². The van der Waals surface area contributed by atoms with E-state index in [-0.39, 0.29) is 12.3 Å². The van der Waals surface area contributed by atoms with Gasteiger partial charge in [-0.25, -0.2) is 8.42 Å². The molecule has 0 fully saturated rings. The molecule has 0 radical (unpaired) electrons. The topological polar surface area (TPSA) is 59.3 Å². The van der Waals surface area contributed by atoms with Gasteiger partial charge in [0, 0.05) is 12.8 Å². The molecule has 0 aliphatic heterocycles. The summed E-state index contributed by atoms with van der Waals surface area (Å²) in [5, 5.41) is 3.00. The van der Waals surface area contributed by atoms with Crippen molar-refractivity contribution in [2.45, 2.75) is 36.6 Å². The smallest absolute Gasteiger partial charge is 0.284 e. The highest BCUT2D eigenvalue weighted by Crippen LogP contribution is 2.21. The Labute approximate surface area is 122 Å². The largest absolute Gasteiger partial charge is 0.464 e. The van der Waals surface area contributed by atoms with E-state index in [9.17, 15) is 17.2 Å². The van der Waals surface area contributed by atoms with Crippen molar-refractivity contribution in [3.05, 3.63) is 23.7 Å². The molecule has 1 aromatic heterocycles. The fraction of sp³-hybridized carbons (Fsp3) is 0.667. The molecule has 20 heavy (non-hydrogen) atoms. The Hall–Kier alpha value is -0.600. The SMILES string of the molecule is CC(C)(CNCc1ccc(CSC(F)F)o1)S(C)(=O)=O. The zero-order valence-corrected chi connectivity index (χ0v) is 13.3. The van der Waals surface area contributed by atoms with Crippen LogP contribution < -0.4 is 5.32 Å². The zero-order chi connectivity index (χ0) is 15.4. The maximum Gasteiger partial charge on any atom is 0.284 e. The molecule has 0 bridgehead atoms. The van der Waals surface area contributed by atoms with Crippen molar-refractivity contribution < 1.29 is 21.6 Å². The van der Waals surface area contributed by atoms with Gasteiger partial charge < -0.3 is 9.73 Å². The van der Waals surface area contributed by atoms with E-state index in [1.165, 1.54) is 6.26 Å². The first kappa shape index (κ1) is 17.5. The second-order valence-corrected chi connectivity index (χ2v) is 8.70. The van der Waals surface area contributed by atoms with E-state index in [1.54, 1.807) is 26.0 Å². The van der Waals surface area contributed by atoms with E-state index in [4.69, 9.17) is 4.42 Å². The Morgan fingerprint density at radius 3 is 2.50 bits per heavy atom. The van der Waals surface area contributed by atoms with Crippen molar-refractivity contribution in [1.82, 2.24) is 5.32 Å². The highest BCUT2D eigenvalue weighted by molar-refractivity contribution is 7.98. The minimum atomic E-state index is -3.15. The monoisotopic (exact) mass is 327 g/mol. The summed E-state index contributed by atoms with van der Waals surface area (Å²) in [6, 6.07) is 3.34. The second kappa shape index (κ2) is 6.91. The zero-order valence-electron chi connectivity index (χ0n) is 11.7. The van der Waals surface area contributed by atoms with Crippen molar-refractivity contribution in [3.8, 4) is 0 Å². The molecule has 116 valence electrons. The molecule has 0 aromatic carbocycles. The average Bonchev–Trinajstić information content (AvgIpc) is 2.72. The number of nitrogens with one attached hydrogen (secondary N) is 1. The fourth-order valence-corrected chi connectivity index (χ4v) is 2.17. The van der Waals surface area contributed by atoms with Crippen LogP contribution in [0.3, 0.4) is 0 Å². The molecule has 1 heterocycles. The van der Waals surface area contributed by atoms with Crippen molar-refractivity contribution in [3.63, 3.8) is 0 Å². The minimum absolute atomic E-state index is 0.118. The molecule has 0 saturated carbocycles. The summed E-state index contributed by atoms with van der Waals surface area (Å²) in [5.41, 5.74) is 0. The van der Waals surface area contributed by atoms with E-state index in [0.29, 0.717) is 29.8 Å². The van der Waals surface area contributed by atoms with Crippen LogP contribution in [0.4, 0.5) is 8.78 Å². The fourth-order valence-electron chi connectivity index (χ4n) is 1.36. The number of rotatable bonds is 8. The molecule has 1 rings (SSSR count). The molecule has 4 nitrogen and oxygen atoms in total. The molecule has 0 aliphatic carbocycles. The van der Waals surface area contributed by atoms with Gasteiger partial charge in [-0.3, -0.25) is 0 Å². The average molecular weight is 327 g/mol. The number of halogens is 2. The lowest BCUT2D eigenvalue weighted by atomic mass is 10.2. The van der Waals surface area contributed by atoms with Gasteiger partial charge >= 0.3 is 0 Å². The van der Waals surface area contributed by atoms with Gasteiger partial charge in [0.2, 0.25) is 0 Å². The molecular weight excluding hydrogens is 308 g/mol. The third-order valence-electron chi connectivity index (χ3n) is 2.92. The first-order valence-corrected chi connectivity index (χ1v) is 8.93. The first-order chi connectivity index (χ1) is 9.12. The van der Waals surface area contributed by atoms with Crippen LogP contribution in [0.25, 0.3) is 0 Å². The van der Waals surface area contributed by atoms with E-state index in [2.05, 4.69) is 5.32 Å². The summed E-state index contributed by atoms with van der Waals surface area (Å²) in [7, 11) is -3.15. The standard InChI is InChI=1S/C12H19F2NO3S2/c1-12(2,20(3,16)17)8-15-6-9-4-5-10(18-9)7-19-11(13)14/h4-5,11,15H,6-8H2,1-3H3. The number of sulfone groups is 1. The number of hydrogen-bond acceptors (Lipinski definition) is 5. The summed E-state index contributed by atoms with van der Waals surface area (Å²) < 4.78 is 51.6. The normalized spacial score (nSPS) is 13.1. The lowest BCUT2D eigenvalue weighted by Gasteiger charge is -2.22. The van der Waals surface area contributed by atoms with Crippen molar-refractivity contribution >= 4 is 21.6 Å². The highest BCUT2D eigenvalue weighted by atomic mass is 32.2. The first-order valence-electron chi connectivity index (χ1n) is 5.99. The Kier molecular flexibility index (Phi) is 6.03. The molecular formula is C12H19F2NO3S2. The van der Waals surface area contributed by atoms with Crippen LogP contribution in [0.5, 0.6) is 0 Å². The molecule has 0 aliphatic rings. The molecule has 0 saturated heterocycles. The minimum Gasteiger partial charge on any atom is -0.464 e. The molecule has 1 aromatic rings. The van der Waals surface area contributed by atoms with Gasteiger partial charge in [0.1, 0.15) is 11.5 Å². The van der Waals surface area contributed by atoms with Crippen LogP contribution in [0.1, 0.15) is 25.4 Å². The van der Waals surface area contributed by atoms with Crippen LogP contribution in [0, 0.1) is 0 Å². The number of hydrogen-bond donors (Lipinski definition) is 1. The summed E-state index contributed by atoms with van der Waals surface area (Å²) in [4.78, 5) is 0. The lowest BCUT2D eigenvalue weighted by molar-refractivity contribution is 0.251. The number of furan rings is 1. The van der Waals surface area contributed by atoms with Gasteiger partial charge in [-0.15, -0.1) is 0 Å². The van der Waals surface area contributed by atoms with Crippen LogP contribution in [0.15, 0.2) is 16.5 Å². The molecule has 8 heteroatoms.